The van der Waals surface area contributed by atoms with Gasteiger partial charge >= 0.3 is 0 Å². The molecule has 0 spiro atoms. The van der Waals surface area contributed by atoms with Crippen LogP contribution in [0.2, 0.25) is 0 Å². The van der Waals surface area contributed by atoms with Crippen LogP contribution in [0.25, 0.3) is 11.4 Å². The summed E-state index contributed by atoms with van der Waals surface area (Å²) in [5.74, 6) is 1.08. The molecule has 0 atom stereocenters. The van der Waals surface area contributed by atoms with Crippen LogP contribution in [0.5, 0.6) is 5.75 Å². The smallest absolute Gasteiger partial charge is 0.143 e. The Bertz CT molecular complexity index is 500. The SMILES string of the molecule is Cc1nc(-c2ccccc2O)n(C)c1C. The van der Waals surface area contributed by atoms with Crippen LogP contribution in [0.15, 0.2) is 24.3 Å². The molecule has 0 amide bonds. The average molecular weight is 202 g/mol. The van der Waals surface area contributed by atoms with Gasteiger partial charge < -0.3 is 9.67 Å². The zero-order valence-corrected chi connectivity index (χ0v) is 9.15. The molecule has 0 saturated heterocycles. The van der Waals surface area contributed by atoms with Gasteiger partial charge in [-0.15, -0.1) is 0 Å². The van der Waals surface area contributed by atoms with Crippen molar-refractivity contribution >= 4 is 0 Å². The summed E-state index contributed by atoms with van der Waals surface area (Å²) in [4.78, 5) is 4.44. The molecule has 78 valence electrons. The Morgan fingerprint density at radius 1 is 1.20 bits per heavy atom. The first-order chi connectivity index (χ1) is 7.11. The first kappa shape index (κ1) is 9.77. The third-order valence-corrected chi connectivity index (χ3v) is 2.76. The first-order valence-corrected chi connectivity index (χ1v) is 4.89. The summed E-state index contributed by atoms with van der Waals surface area (Å²) in [6.07, 6.45) is 0. The van der Waals surface area contributed by atoms with Crippen LogP contribution >= 0.6 is 0 Å². The largest absolute Gasteiger partial charge is 0.507 e. The molecule has 0 fully saturated rings. The Morgan fingerprint density at radius 2 is 1.87 bits per heavy atom. The average Bonchev–Trinajstić information content (AvgIpc) is 2.47. The molecule has 0 saturated carbocycles. The number of imidazole rings is 1. The highest BCUT2D eigenvalue weighted by atomic mass is 16.3. The molecule has 3 nitrogen and oxygen atoms in total. The van der Waals surface area contributed by atoms with Crippen molar-refractivity contribution in [3.63, 3.8) is 0 Å². The Morgan fingerprint density at radius 3 is 2.40 bits per heavy atom. The molecular weight excluding hydrogens is 188 g/mol. The summed E-state index contributed by atoms with van der Waals surface area (Å²) >= 11 is 0. The first-order valence-electron chi connectivity index (χ1n) is 4.89. The van der Waals surface area contributed by atoms with E-state index in [9.17, 15) is 5.11 Å². The lowest BCUT2D eigenvalue weighted by atomic mass is 10.2. The molecule has 2 rings (SSSR count). The molecule has 1 heterocycles. The maximum atomic E-state index is 9.74. The number of benzene rings is 1. The van der Waals surface area contributed by atoms with Crippen molar-refractivity contribution in [1.82, 2.24) is 9.55 Å². The Labute approximate surface area is 89.0 Å². The standard InChI is InChI=1S/C12H14N2O/c1-8-9(2)14(3)12(13-8)10-6-4-5-7-11(10)15/h4-7,15H,1-3H3. The number of phenolic OH excluding ortho intramolecular Hbond substituents is 1. The number of hydrogen-bond donors (Lipinski definition) is 1. The van der Waals surface area contributed by atoms with Gasteiger partial charge in [-0.05, 0) is 26.0 Å². The molecule has 0 unspecified atom stereocenters. The second kappa shape index (κ2) is 3.42. The summed E-state index contributed by atoms with van der Waals surface area (Å²) < 4.78 is 1.99. The number of rotatable bonds is 1. The molecular formula is C12H14N2O. The van der Waals surface area contributed by atoms with Crippen molar-refractivity contribution in [2.45, 2.75) is 13.8 Å². The van der Waals surface area contributed by atoms with Gasteiger partial charge in [0, 0.05) is 12.7 Å². The van der Waals surface area contributed by atoms with E-state index in [2.05, 4.69) is 4.98 Å². The normalized spacial score (nSPS) is 10.6. The lowest BCUT2D eigenvalue weighted by Gasteiger charge is -2.04. The lowest BCUT2D eigenvalue weighted by molar-refractivity contribution is 0.476. The van der Waals surface area contributed by atoms with E-state index in [-0.39, 0.29) is 5.75 Å². The lowest BCUT2D eigenvalue weighted by Crippen LogP contribution is -1.94. The molecule has 1 aromatic heterocycles. The number of aryl methyl sites for hydroxylation is 1. The van der Waals surface area contributed by atoms with Gasteiger partial charge in [-0.25, -0.2) is 4.98 Å². The number of phenols is 1. The van der Waals surface area contributed by atoms with Crippen molar-refractivity contribution in [3.05, 3.63) is 35.7 Å². The quantitative estimate of drug-likeness (QED) is 0.771. The third-order valence-electron chi connectivity index (χ3n) is 2.76. The van der Waals surface area contributed by atoms with Crippen molar-refractivity contribution in [2.24, 2.45) is 7.05 Å². The summed E-state index contributed by atoms with van der Waals surface area (Å²) in [6.45, 7) is 3.99. The van der Waals surface area contributed by atoms with Crippen molar-refractivity contribution in [3.8, 4) is 17.1 Å². The number of nitrogens with zero attached hydrogens (tertiary/aromatic N) is 2. The van der Waals surface area contributed by atoms with Gasteiger partial charge in [0.2, 0.25) is 0 Å². The fraction of sp³-hybridized carbons (Fsp3) is 0.250. The number of hydrogen-bond acceptors (Lipinski definition) is 2. The molecule has 1 N–H and O–H groups in total. The molecule has 0 radical (unpaired) electrons. The van der Waals surface area contributed by atoms with Gasteiger partial charge in [-0.2, -0.15) is 0 Å². The molecule has 15 heavy (non-hydrogen) atoms. The minimum atomic E-state index is 0.269. The van der Waals surface area contributed by atoms with Gasteiger partial charge in [0.05, 0.1) is 11.3 Å². The van der Waals surface area contributed by atoms with Crippen LogP contribution in [0.4, 0.5) is 0 Å². The van der Waals surface area contributed by atoms with E-state index in [4.69, 9.17) is 0 Å². The maximum Gasteiger partial charge on any atom is 0.143 e. The van der Waals surface area contributed by atoms with Gasteiger partial charge in [0.1, 0.15) is 11.6 Å². The monoisotopic (exact) mass is 202 g/mol. The zero-order chi connectivity index (χ0) is 11.0. The molecule has 0 aliphatic heterocycles. The third kappa shape index (κ3) is 1.50. The fourth-order valence-electron chi connectivity index (χ4n) is 1.62. The van der Waals surface area contributed by atoms with E-state index >= 15 is 0 Å². The van der Waals surface area contributed by atoms with Crippen molar-refractivity contribution < 1.29 is 5.11 Å². The van der Waals surface area contributed by atoms with E-state index in [1.807, 2.05) is 43.7 Å². The molecule has 1 aromatic carbocycles. The topological polar surface area (TPSA) is 38.1 Å². The summed E-state index contributed by atoms with van der Waals surface area (Å²) in [5.41, 5.74) is 2.89. The second-order valence-electron chi connectivity index (χ2n) is 3.68. The fourth-order valence-corrected chi connectivity index (χ4v) is 1.62. The van der Waals surface area contributed by atoms with Gasteiger partial charge in [-0.1, -0.05) is 12.1 Å². The van der Waals surface area contributed by atoms with Crippen LogP contribution < -0.4 is 0 Å². The van der Waals surface area contributed by atoms with Crippen LogP contribution in [0.3, 0.4) is 0 Å². The van der Waals surface area contributed by atoms with Crippen LogP contribution in [0.1, 0.15) is 11.4 Å². The maximum absolute atomic E-state index is 9.74. The highest BCUT2D eigenvalue weighted by molar-refractivity contribution is 5.64. The second-order valence-corrected chi connectivity index (χ2v) is 3.68. The predicted molar refractivity (Wildman–Crippen MR) is 59.8 cm³/mol. The van der Waals surface area contributed by atoms with Crippen LogP contribution in [0, 0.1) is 13.8 Å². The number of aromatic hydroxyl groups is 1. The zero-order valence-electron chi connectivity index (χ0n) is 9.15. The van der Waals surface area contributed by atoms with Crippen LogP contribution in [-0.2, 0) is 7.05 Å². The molecule has 0 bridgehead atoms. The van der Waals surface area contributed by atoms with E-state index < -0.39 is 0 Å². The Kier molecular flexibility index (Phi) is 2.23. The Balaban J connectivity index is 2.65. The van der Waals surface area contributed by atoms with Crippen molar-refractivity contribution in [1.29, 1.82) is 0 Å². The van der Waals surface area contributed by atoms with E-state index in [1.165, 1.54) is 0 Å². The molecule has 0 aliphatic carbocycles. The van der Waals surface area contributed by atoms with Crippen LogP contribution in [-0.4, -0.2) is 14.7 Å². The van der Waals surface area contributed by atoms with E-state index in [1.54, 1.807) is 6.07 Å². The number of para-hydroxylation sites is 1. The predicted octanol–water partition coefficient (Wildman–Crippen LogP) is 2.41. The summed E-state index contributed by atoms with van der Waals surface area (Å²) in [5, 5.41) is 9.74. The number of aromatic nitrogens is 2. The summed E-state index contributed by atoms with van der Waals surface area (Å²) in [6, 6.07) is 7.25. The van der Waals surface area contributed by atoms with Crippen molar-refractivity contribution in [2.75, 3.05) is 0 Å². The van der Waals surface area contributed by atoms with E-state index in [0.717, 1.165) is 22.8 Å². The van der Waals surface area contributed by atoms with Gasteiger partial charge in [-0.3, -0.25) is 0 Å². The minimum Gasteiger partial charge on any atom is -0.507 e. The molecule has 3 heteroatoms. The molecule has 2 aromatic rings. The van der Waals surface area contributed by atoms with Gasteiger partial charge in [0.15, 0.2) is 0 Å². The Hall–Kier alpha value is -1.77. The highest BCUT2D eigenvalue weighted by Gasteiger charge is 2.12. The summed E-state index contributed by atoms with van der Waals surface area (Å²) in [7, 11) is 1.96. The minimum absolute atomic E-state index is 0.269. The highest BCUT2D eigenvalue weighted by Crippen LogP contribution is 2.28. The van der Waals surface area contributed by atoms with E-state index in [0.29, 0.717) is 0 Å². The molecule has 0 aliphatic rings. The van der Waals surface area contributed by atoms with Gasteiger partial charge in [0.25, 0.3) is 0 Å².